The van der Waals surface area contributed by atoms with Crippen LogP contribution in [0.15, 0.2) is 40.8 Å². The molecule has 1 aromatic carbocycles. The first kappa shape index (κ1) is 17.7. The van der Waals surface area contributed by atoms with Crippen molar-refractivity contribution in [3.8, 4) is 11.3 Å². The number of thiazole rings is 1. The number of carbonyl (C=O) groups is 3. The Labute approximate surface area is 153 Å². The van der Waals surface area contributed by atoms with Gasteiger partial charge in [-0.1, -0.05) is 30.3 Å². The fraction of sp³-hybridized carbons (Fsp3) is 0.235. The molecule has 9 heteroatoms. The number of ether oxygens (including phenoxy) is 1. The van der Waals surface area contributed by atoms with Gasteiger partial charge in [0.25, 0.3) is 5.91 Å². The molecule has 134 valence electrons. The van der Waals surface area contributed by atoms with Crippen LogP contribution in [-0.2, 0) is 19.1 Å². The minimum atomic E-state index is -1.02. The second-order valence-electron chi connectivity index (χ2n) is 5.53. The lowest BCUT2D eigenvalue weighted by molar-refractivity contribution is -0.146. The number of hydrogen-bond donors (Lipinski definition) is 2. The van der Waals surface area contributed by atoms with E-state index in [1.807, 2.05) is 35.7 Å². The summed E-state index contributed by atoms with van der Waals surface area (Å²) >= 11 is 1.28. The van der Waals surface area contributed by atoms with Crippen LogP contribution in [0, 0.1) is 0 Å². The largest absolute Gasteiger partial charge is 0.448 e. The van der Waals surface area contributed by atoms with Gasteiger partial charge in [0, 0.05) is 23.8 Å². The number of rotatable bonds is 5. The highest BCUT2D eigenvalue weighted by molar-refractivity contribution is 7.14. The fourth-order valence-corrected chi connectivity index (χ4v) is 2.91. The highest BCUT2D eigenvalue weighted by atomic mass is 32.1. The predicted molar refractivity (Wildman–Crippen MR) is 96.5 cm³/mol. The maximum atomic E-state index is 12.2. The molecule has 1 atom stereocenters. The maximum Gasteiger partial charge on any atom is 0.355 e. The molecule has 2 N–H and O–H groups in total. The van der Waals surface area contributed by atoms with Crippen LogP contribution in [0.4, 0.5) is 5.13 Å². The van der Waals surface area contributed by atoms with Crippen LogP contribution in [0.2, 0.25) is 0 Å². The number of aromatic nitrogens is 1. The average molecular weight is 372 g/mol. The van der Waals surface area contributed by atoms with E-state index in [1.165, 1.54) is 18.3 Å². The van der Waals surface area contributed by atoms with E-state index in [-0.39, 0.29) is 24.5 Å². The van der Waals surface area contributed by atoms with Crippen molar-refractivity contribution in [1.29, 1.82) is 0 Å². The number of esters is 1. The Balaban J connectivity index is 1.57. The van der Waals surface area contributed by atoms with Gasteiger partial charge in [-0.15, -0.1) is 11.3 Å². The number of anilines is 1. The van der Waals surface area contributed by atoms with Gasteiger partial charge in [0.1, 0.15) is 5.71 Å². The number of nitrogens with one attached hydrogen (secondary N) is 2. The van der Waals surface area contributed by atoms with E-state index >= 15 is 0 Å². The first-order valence-corrected chi connectivity index (χ1v) is 8.79. The van der Waals surface area contributed by atoms with E-state index in [0.717, 1.165) is 11.3 Å². The highest BCUT2D eigenvalue weighted by Crippen LogP contribution is 2.24. The smallest absolute Gasteiger partial charge is 0.355 e. The van der Waals surface area contributed by atoms with Gasteiger partial charge in [0.05, 0.1) is 5.69 Å². The molecule has 2 heterocycles. The molecule has 26 heavy (non-hydrogen) atoms. The third-order valence-electron chi connectivity index (χ3n) is 3.60. The van der Waals surface area contributed by atoms with Gasteiger partial charge in [-0.2, -0.15) is 5.10 Å². The Morgan fingerprint density at radius 1 is 1.27 bits per heavy atom. The Morgan fingerprint density at radius 3 is 2.73 bits per heavy atom. The Morgan fingerprint density at radius 2 is 2.04 bits per heavy atom. The third-order valence-corrected chi connectivity index (χ3v) is 4.35. The summed E-state index contributed by atoms with van der Waals surface area (Å²) in [7, 11) is 0. The van der Waals surface area contributed by atoms with E-state index in [2.05, 4.69) is 20.8 Å². The van der Waals surface area contributed by atoms with Gasteiger partial charge in [-0.25, -0.2) is 15.2 Å². The number of benzene rings is 1. The van der Waals surface area contributed by atoms with Crippen molar-refractivity contribution in [2.45, 2.75) is 25.9 Å². The molecule has 0 fully saturated rings. The summed E-state index contributed by atoms with van der Waals surface area (Å²) < 4.78 is 5.09. The van der Waals surface area contributed by atoms with E-state index < -0.39 is 18.0 Å². The maximum absolute atomic E-state index is 12.2. The molecule has 8 nitrogen and oxygen atoms in total. The molecule has 3 rings (SSSR count). The zero-order chi connectivity index (χ0) is 18.5. The number of carbonyl (C=O) groups excluding carboxylic acids is 3. The van der Waals surface area contributed by atoms with Crippen molar-refractivity contribution in [3.63, 3.8) is 0 Å². The second kappa shape index (κ2) is 7.87. The molecule has 0 bridgehead atoms. The molecule has 0 saturated heterocycles. The van der Waals surface area contributed by atoms with Crippen LogP contribution in [0.5, 0.6) is 0 Å². The fourth-order valence-electron chi connectivity index (χ4n) is 2.18. The monoisotopic (exact) mass is 372 g/mol. The first-order valence-electron chi connectivity index (χ1n) is 7.91. The van der Waals surface area contributed by atoms with Gasteiger partial charge in [0.2, 0.25) is 5.91 Å². The molecule has 0 spiro atoms. The lowest BCUT2D eigenvalue weighted by Gasteiger charge is -2.15. The van der Waals surface area contributed by atoms with Gasteiger partial charge < -0.3 is 4.74 Å². The summed E-state index contributed by atoms with van der Waals surface area (Å²) in [5, 5.41) is 8.52. The zero-order valence-corrected chi connectivity index (χ0v) is 14.7. The van der Waals surface area contributed by atoms with Crippen LogP contribution < -0.4 is 10.7 Å². The van der Waals surface area contributed by atoms with E-state index in [4.69, 9.17) is 4.74 Å². The lowest BCUT2D eigenvalue weighted by atomic mass is 10.2. The van der Waals surface area contributed by atoms with Crippen molar-refractivity contribution in [2.24, 2.45) is 5.10 Å². The summed E-state index contributed by atoms with van der Waals surface area (Å²) in [6.45, 7) is 1.46. The van der Waals surface area contributed by atoms with Crippen molar-refractivity contribution in [1.82, 2.24) is 10.4 Å². The van der Waals surface area contributed by atoms with E-state index in [1.54, 1.807) is 0 Å². The highest BCUT2D eigenvalue weighted by Gasteiger charge is 2.24. The Bertz CT molecular complexity index is 863. The molecule has 0 saturated carbocycles. The minimum Gasteiger partial charge on any atom is -0.448 e. The molecular formula is C17H16N4O4S. The average Bonchev–Trinajstić information content (AvgIpc) is 3.11. The summed E-state index contributed by atoms with van der Waals surface area (Å²) in [4.78, 5) is 39.5. The van der Waals surface area contributed by atoms with Crippen LogP contribution in [0.25, 0.3) is 11.3 Å². The molecule has 1 unspecified atom stereocenters. The molecule has 0 aliphatic carbocycles. The second-order valence-corrected chi connectivity index (χ2v) is 6.39. The molecule has 1 aliphatic heterocycles. The topological polar surface area (TPSA) is 110 Å². The van der Waals surface area contributed by atoms with Gasteiger partial charge >= 0.3 is 5.97 Å². The number of hydrazone groups is 1. The van der Waals surface area contributed by atoms with Crippen LogP contribution in [0.1, 0.15) is 19.8 Å². The minimum absolute atomic E-state index is 0.0878. The zero-order valence-electron chi connectivity index (χ0n) is 13.9. The standard InChI is InChI=1S/C17H16N4O4S/c1-10(25-16(24)12-7-8-14(22)21-20-12)15(23)19-17-18-13(9-26-17)11-5-3-2-4-6-11/h2-6,9-10H,7-8H2,1H3,(H,21,22)(H,18,19,23). The first-order chi connectivity index (χ1) is 12.5. The van der Waals surface area contributed by atoms with Gasteiger partial charge in [-0.05, 0) is 6.92 Å². The molecule has 2 aromatic rings. The van der Waals surface area contributed by atoms with Gasteiger partial charge in [0.15, 0.2) is 11.2 Å². The van der Waals surface area contributed by atoms with Crippen molar-refractivity contribution < 1.29 is 19.1 Å². The van der Waals surface area contributed by atoms with E-state index in [0.29, 0.717) is 5.13 Å². The third kappa shape index (κ3) is 4.31. The number of hydrogen-bond acceptors (Lipinski definition) is 7. The van der Waals surface area contributed by atoms with Gasteiger partial charge in [-0.3, -0.25) is 14.9 Å². The summed E-state index contributed by atoms with van der Waals surface area (Å²) in [5.41, 5.74) is 4.00. The summed E-state index contributed by atoms with van der Waals surface area (Å²) in [6.07, 6.45) is -0.672. The molecule has 0 radical (unpaired) electrons. The van der Waals surface area contributed by atoms with Crippen molar-refractivity contribution in [2.75, 3.05) is 5.32 Å². The Kier molecular flexibility index (Phi) is 5.37. The molecule has 2 amide bonds. The SMILES string of the molecule is CC(OC(=O)C1=NNC(=O)CC1)C(=O)Nc1nc(-c2ccccc2)cs1. The quantitative estimate of drug-likeness (QED) is 0.780. The van der Waals surface area contributed by atoms with Crippen LogP contribution in [0.3, 0.4) is 0 Å². The lowest BCUT2D eigenvalue weighted by Crippen LogP contribution is -2.35. The predicted octanol–water partition coefficient (Wildman–Crippen LogP) is 1.95. The molecule has 1 aromatic heterocycles. The van der Waals surface area contributed by atoms with Crippen molar-refractivity contribution in [3.05, 3.63) is 35.7 Å². The molecular weight excluding hydrogens is 356 g/mol. The van der Waals surface area contributed by atoms with Crippen LogP contribution in [-0.4, -0.2) is 34.6 Å². The Hall–Kier alpha value is -3.07. The van der Waals surface area contributed by atoms with Crippen LogP contribution >= 0.6 is 11.3 Å². The van der Waals surface area contributed by atoms with E-state index in [9.17, 15) is 14.4 Å². The summed E-state index contributed by atoms with van der Waals surface area (Å²) in [6, 6.07) is 9.58. The normalized spacial score (nSPS) is 14.8. The van der Waals surface area contributed by atoms with Crippen molar-refractivity contribution >= 4 is 40.0 Å². The summed E-state index contributed by atoms with van der Waals surface area (Å²) in [5.74, 6) is -1.48. The number of nitrogens with zero attached hydrogens (tertiary/aromatic N) is 2. The molecule has 1 aliphatic rings. The number of amides is 2.